The Morgan fingerprint density at radius 1 is 1.07 bits per heavy atom. The molecule has 0 amide bonds. The van der Waals surface area contributed by atoms with E-state index in [0.717, 1.165) is 9.87 Å². The van der Waals surface area contributed by atoms with E-state index in [1.54, 1.807) is 57.2 Å². The minimum absolute atomic E-state index is 0.0596. The number of rotatable bonds is 6. The first-order valence-electron chi connectivity index (χ1n) is 8.54. The number of ether oxygens (including phenoxy) is 1. The van der Waals surface area contributed by atoms with Gasteiger partial charge in [-0.25, -0.2) is 8.42 Å². The maximum absolute atomic E-state index is 13.2. The number of carbonyl (C=O) groups excluding carboxylic acids is 1. The van der Waals surface area contributed by atoms with Crippen molar-refractivity contribution < 1.29 is 23.1 Å². The number of esters is 1. The van der Waals surface area contributed by atoms with E-state index in [9.17, 15) is 18.3 Å². The summed E-state index contributed by atoms with van der Waals surface area (Å²) in [5, 5.41) is 9.62. The lowest BCUT2D eigenvalue weighted by atomic mass is 10.2. The third-order valence-corrected chi connectivity index (χ3v) is 5.51. The molecule has 0 atom stereocenters. The van der Waals surface area contributed by atoms with Crippen molar-refractivity contribution in [2.24, 2.45) is 0 Å². The molecule has 0 unspecified atom stereocenters. The summed E-state index contributed by atoms with van der Waals surface area (Å²) in [7, 11) is -4.03. The van der Waals surface area contributed by atoms with Crippen LogP contribution < -0.4 is 4.31 Å². The van der Waals surface area contributed by atoms with Gasteiger partial charge in [-0.2, -0.15) is 0 Å². The Balaban J connectivity index is 2.52. The number of sulfonamides is 1. The Bertz CT molecular complexity index is 899. The predicted octanol–water partition coefficient (Wildman–Crippen LogP) is 3.02. The Morgan fingerprint density at radius 3 is 2.22 bits per heavy atom. The van der Waals surface area contributed by atoms with Crippen molar-refractivity contribution in [3.63, 3.8) is 0 Å². The second-order valence-corrected chi connectivity index (χ2v) is 9.06. The van der Waals surface area contributed by atoms with Gasteiger partial charge in [0.05, 0.1) is 17.2 Å². The molecule has 0 aliphatic carbocycles. The lowest BCUT2D eigenvalue weighted by Gasteiger charge is -2.27. The number of hydrogen-bond donors (Lipinski definition) is 1. The van der Waals surface area contributed by atoms with Crippen molar-refractivity contribution in [3.05, 3.63) is 59.7 Å². The van der Waals surface area contributed by atoms with Crippen LogP contribution in [0, 0.1) is 6.92 Å². The molecule has 6 nitrogen and oxygen atoms in total. The average molecular weight is 391 g/mol. The minimum Gasteiger partial charge on any atom is -0.459 e. The first-order chi connectivity index (χ1) is 12.5. The molecular weight excluding hydrogens is 366 g/mol. The van der Waals surface area contributed by atoms with Crippen molar-refractivity contribution >= 4 is 21.7 Å². The van der Waals surface area contributed by atoms with Gasteiger partial charge < -0.3 is 9.84 Å². The van der Waals surface area contributed by atoms with Crippen LogP contribution in [0.25, 0.3) is 0 Å². The molecule has 0 saturated heterocycles. The highest BCUT2D eigenvalue weighted by Gasteiger charge is 2.30. The molecular formula is C20H25NO5S. The van der Waals surface area contributed by atoms with Crippen LogP contribution in [0.1, 0.15) is 31.9 Å². The highest BCUT2D eigenvalue weighted by Crippen LogP contribution is 2.27. The van der Waals surface area contributed by atoms with Gasteiger partial charge >= 0.3 is 5.97 Å². The van der Waals surface area contributed by atoms with E-state index >= 15 is 0 Å². The fourth-order valence-corrected chi connectivity index (χ4v) is 3.96. The van der Waals surface area contributed by atoms with Crippen molar-refractivity contribution in [2.75, 3.05) is 10.8 Å². The van der Waals surface area contributed by atoms with Gasteiger partial charge in [-0.3, -0.25) is 9.10 Å². The molecule has 0 saturated carbocycles. The molecule has 0 bridgehead atoms. The fraction of sp³-hybridized carbons (Fsp3) is 0.350. The van der Waals surface area contributed by atoms with Gasteiger partial charge in [-0.05, 0) is 45.9 Å². The molecule has 7 heteroatoms. The summed E-state index contributed by atoms with van der Waals surface area (Å²) >= 11 is 0. The van der Waals surface area contributed by atoms with Crippen molar-refractivity contribution in [3.8, 4) is 0 Å². The molecule has 0 heterocycles. The predicted molar refractivity (Wildman–Crippen MR) is 104 cm³/mol. The normalized spacial score (nSPS) is 11.9. The van der Waals surface area contributed by atoms with E-state index in [4.69, 9.17) is 4.74 Å². The van der Waals surface area contributed by atoms with Crippen molar-refractivity contribution in [1.82, 2.24) is 0 Å². The summed E-state index contributed by atoms with van der Waals surface area (Å²) in [6.07, 6.45) is 0. The summed E-state index contributed by atoms with van der Waals surface area (Å²) in [4.78, 5) is 12.4. The van der Waals surface area contributed by atoms with Gasteiger partial charge in [0.25, 0.3) is 10.0 Å². The number of hydrogen-bond acceptors (Lipinski definition) is 5. The zero-order chi connectivity index (χ0) is 20.2. The average Bonchev–Trinajstić information content (AvgIpc) is 2.58. The number of anilines is 1. The van der Waals surface area contributed by atoms with Crippen molar-refractivity contribution in [2.45, 2.75) is 44.8 Å². The first kappa shape index (κ1) is 20.9. The molecule has 2 aromatic rings. The minimum atomic E-state index is -4.03. The molecule has 2 aromatic carbocycles. The Morgan fingerprint density at radius 2 is 1.67 bits per heavy atom. The van der Waals surface area contributed by atoms with Crippen LogP contribution in [0.5, 0.6) is 0 Å². The van der Waals surface area contributed by atoms with E-state index in [0.29, 0.717) is 5.56 Å². The van der Waals surface area contributed by atoms with E-state index in [-0.39, 0.29) is 17.2 Å². The second-order valence-electron chi connectivity index (χ2n) is 7.20. The topological polar surface area (TPSA) is 83.9 Å². The van der Waals surface area contributed by atoms with Gasteiger partial charge in [0.2, 0.25) is 0 Å². The molecule has 0 radical (unpaired) electrons. The lowest BCUT2D eigenvalue weighted by Crippen LogP contribution is -2.39. The molecule has 27 heavy (non-hydrogen) atoms. The van der Waals surface area contributed by atoms with Crippen LogP contribution in [-0.4, -0.2) is 31.6 Å². The van der Waals surface area contributed by atoms with E-state index in [2.05, 4.69) is 0 Å². The fourth-order valence-electron chi connectivity index (χ4n) is 2.52. The Hall–Kier alpha value is -2.38. The summed E-state index contributed by atoms with van der Waals surface area (Å²) in [5.41, 5.74) is 0.818. The summed E-state index contributed by atoms with van der Waals surface area (Å²) in [6.45, 7) is 6.15. The molecule has 1 N–H and O–H groups in total. The summed E-state index contributed by atoms with van der Waals surface area (Å²) in [5.74, 6) is -0.675. The van der Waals surface area contributed by atoms with Gasteiger partial charge in [-0.1, -0.05) is 35.9 Å². The maximum atomic E-state index is 13.2. The SMILES string of the molecule is Cc1ccc(S(=O)(=O)N(CC(=O)OC(C)(C)C)c2ccccc2CO)cc1. The van der Waals surface area contributed by atoms with Crippen molar-refractivity contribution in [1.29, 1.82) is 0 Å². The Labute approximate surface area is 160 Å². The summed E-state index contributed by atoms with van der Waals surface area (Å²) in [6, 6.07) is 12.9. The molecule has 0 aliphatic rings. The third kappa shape index (κ3) is 5.30. The van der Waals surface area contributed by atoms with Gasteiger partial charge in [0.15, 0.2) is 0 Å². The maximum Gasteiger partial charge on any atom is 0.327 e. The van der Waals surface area contributed by atoms with Gasteiger partial charge in [0.1, 0.15) is 12.1 Å². The zero-order valence-electron chi connectivity index (χ0n) is 16.0. The number of aliphatic hydroxyl groups is 1. The van der Waals surface area contributed by atoms with Crippen LogP contribution in [0.3, 0.4) is 0 Å². The largest absolute Gasteiger partial charge is 0.459 e. The highest BCUT2D eigenvalue weighted by molar-refractivity contribution is 7.92. The van der Waals surface area contributed by atoms with Crippen LogP contribution in [0.4, 0.5) is 5.69 Å². The lowest BCUT2D eigenvalue weighted by molar-refractivity contribution is -0.152. The highest BCUT2D eigenvalue weighted by atomic mass is 32.2. The number of benzene rings is 2. The quantitative estimate of drug-likeness (QED) is 0.765. The molecule has 0 aliphatic heterocycles. The van der Waals surface area contributed by atoms with Gasteiger partial charge in [-0.15, -0.1) is 0 Å². The smallest absolute Gasteiger partial charge is 0.327 e. The van der Waals surface area contributed by atoms with Crippen LogP contribution in [0.15, 0.2) is 53.4 Å². The standard InChI is InChI=1S/C20H25NO5S/c1-15-9-11-17(12-10-15)27(24,25)21(13-19(23)26-20(2,3)4)18-8-6-5-7-16(18)14-22/h5-12,22H,13-14H2,1-4H3. The molecule has 0 spiro atoms. The first-order valence-corrected chi connectivity index (χ1v) is 9.98. The van der Waals surface area contributed by atoms with Crippen LogP contribution >= 0.6 is 0 Å². The number of aliphatic hydroxyl groups excluding tert-OH is 1. The number of para-hydroxylation sites is 1. The van der Waals surface area contributed by atoms with Crippen LogP contribution in [0.2, 0.25) is 0 Å². The summed E-state index contributed by atoms with van der Waals surface area (Å²) < 4.78 is 32.8. The van der Waals surface area contributed by atoms with Crippen LogP contribution in [-0.2, 0) is 26.2 Å². The van der Waals surface area contributed by atoms with E-state index in [1.807, 2.05) is 6.92 Å². The zero-order valence-corrected chi connectivity index (χ0v) is 16.8. The molecule has 0 aromatic heterocycles. The second kappa shape index (κ2) is 8.10. The Kier molecular flexibility index (Phi) is 6.28. The van der Waals surface area contributed by atoms with E-state index in [1.165, 1.54) is 12.1 Å². The number of carbonyl (C=O) groups is 1. The molecule has 0 fully saturated rings. The molecule has 146 valence electrons. The third-order valence-electron chi connectivity index (χ3n) is 3.73. The number of aryl methyl sites for hydroxylation is 1. The molecule has 2 rings (SSSR count). The van der Waals surface area contributed by atoms with Gasteiger partial charge in [0, 0.05) is 5.56 Å². The monoisotopic (exact) mass is 391 g/mol. The number of nitrogens with zero attached hydrogens (tertiary/aromatic N) is 1. The van der Waals surface area contributed by atoms with E-state index < -0.39 is 28.1 Å².